The lowest BCUT2D eigenvalue weighted by molar-refractivity contribution is 0.274. The van der Waals surface area contributed by atoms with Gasteiger partial charge in [0.2, 0.25) is 0 Å². The number of aliphatic hydroxyl groups excluding tert-OH is 1. The number of halogens is 1. The lowest BCUT2D eigenvalue weighted by atomic mass is 10.0. The van der Waals surface area contributed by atoms with Crippen molar-refractivity contribution in [2.75, 3.05) is 6.61 Å². The zero-order valence-corrected chi connectivity index (χ0v) is 7.63. The predicted molar refractivity (Wildman–Crippen MR) is 49.1 cm³/mol. The highest BCUT2D eigenvalue weighted by atomic mass is 19.1. The third kappa shape index (κ3) is 1.59. The van der Waals surface area contributed by atoms with Crippen LogP contribution in [0.15, 0.2) is 18.2 Å². The molecule has 0 spiro atoms. The largest absolute Gasteiger partial charge is 0.396 e. The second-order valence-corrected chi connectivity index (χ2v) is 3.79. The summed E-state index contributed by atoms with van der Waals surface area (Å²) < 4.78 is 12.8. The summed E-state index contributed by atoms with van der Waals surface area (Å²) in [4.78, 5) is 0. The molecule has 1 fully saturated rings. The number of benzene rings is 1. The summed E-state index contributed by atoms with van der Waals surface area (Å²) in [5.74, 6) is 0.692. The van der Waals surface area contributed by atoms with Crippen molar-refractivity contribution in [3.05, 3.63) is 35.1 Å². The fraction of sp³-hybridized carbons (Fsp3) is 0.455. The maximum Gasteiger partial charge on any atom is 0.123 e. The fourth-order valence-electron chi connectivity index (χ4n) is 1.89. The number of hydrogen-bond donors (Lipinski definition) is 1. The van der Waals surface area contributed by atoms with Crippen molar-refractivity contribution < 1.29 is 9.50 Å². The molecule has 0 unspecified atom stereocenters. The normalized spacial score (nSPS) is 26.1. The highest BCUT2D eigenvalue weighted by Gasteiger charge is 2.38. The van der Waals surface area contributed by atoms with Gasteiger partial charge in [-0.1, -0.05) is 6.07 Å². The minimum absolute atomic E-state index is 0.178. The molecule has 70 valence electrons. The Labute approximate surface area is 77.2 Å². The van der Waals surface area contributed by atoms with Crippen LogP contribution in [0.1, 0.15) is 23.5 Å². The Morgan fingerprint density at radius 2 is 2.31 bits per heavy atom. The summed E-state index contributed by atoms with van der Waals surface area (Å²) in [5.41, 5.74) is 2.20. The Morgan fingerprint density at radius 1 is 1.54 bits per heavy atom. The van der Waals surface area contributed by atoms with Gasteiger partial charge in [0.15, 0.2) is 0 Å². The molecule has 2 heteroatoms. The van der Waals surface area contributed by atoms with Gasteiger partial charge in [0.1, 0.15) is 5.82 Å². The Hall–Kier alpha value is -0.890. The molecule has 0 saturated heterocycles. The lowest BCUT2D eigenvalue weighted by Gasteiger charge is -2.03. The fourth-order valence-corrected chi connectivity index (χ4v) is 1.89. The molecular weight excluding hydrogens is 167 g/mol. The number of aliphatic hydroxyl groups is 1. The van der Waals surface area contributed by atoms with E-state index >= 15 is 0 Å². The molecule has 2 rings (SSSR count). The molecular formula is C11H13FO. The summed E-state index contributed by atoms with van der Waals surface area (Å²) >= 11 is 0. The molecule has 0 amide bonds. The van der Waals surface area contributed by atoms with Gasteiger partial charge in [0, 0.05) is 6.61 Å². The van der Waals surface area contributed by atoms with E-state index in [4.69, 9.17) is 5.11 Å². The molecule has 1 N–H and O–H groups in total. The van der Waals surface area contributed by atoms with E-state index < -0.39 is 0 Å². The smallest absolute Gasteiger partial charge is 0.123 e. The average molecular weight is 180 g/mol. The molecule has 2 atom stereocenters. The lowest BCUT2D eigenvalue weighted by Crippen LogP contribution is -1.92. The van der Waals surface area contributed by atoms with Crippen LogP contribution in [0, 0.1) is 18.7 Å². The summed E-state index contributed by atoms with van der Waals surface area (Å²) in [6, 6.07) is 4.89. The molecule has 0 aliphatic heterocycles. The number of rotatable bonds is 2. The highest BCUT2D eigenvalue weighted by molar-refractivity contribution is 5.33. The van der Waals surface area contributed by atoms with Gasteiger partial charge >= 0.3 is 0 Å². The van der Waals surface area contributed by atoms with Gasteiger partial charge in [0.25, 0.3) is 0 Å². The van der Waals surface area contributed by atoms with Gasteiger partial charge in [0.05, 0.1) is 0 Å². The van der Waals surface area contributed by atoms with Crippen molar-refractivity contribution in [1.29, 1.82) is 0 Å². The van der Waals surface area contributed by atoms with Crippen LogP contribution in [-0.2, 0) is 0 Å². The van der Waals surface area contributed by atoms with Crippen LogP contribution in [0.5, 0.6) is 0 Å². The Morgan fingerprint density at radius 3 is 2.85 bits per heavy atom. The van der Waals surface area contributed by atoms with E-state index in [2.05, 4.69) is 0 Å². The molecule has 1 nitrogen and oxygen atoms in total. The van der Waals surface area contributed by atoms with Crippen LogP contribution in [0.4, 0.5) is 4.39 Å². The van der Waals surface area contributed by atoms with Gasteiger partial charge in [-0.25, -0.2) is 4.39 Å². The summed E-state index contributed by atoms with van der Waals surface area (Å²) in [6.07, 6.45) is 1.04. The minimum Gasteiger partial charge on any atom is -0.396 e. The van der Waals surface area contributed by atoms with Gasteiger partial charge in [-0.15, -0.1) is 0 Å². The second-order valence-electron chi connectivity index (χ2n) is 3.79. The van der Waals surface area contributed by atoms with E-state index in [9.17, 15) is 4.39 Å². The van der Waals surface area contributed by atoms with Gasteiger partial charge in [-0.3, -0.25) is 0 Å². The molecule has 0 bridgehead atoms. The van der Waals surface area contributed by atoms with E-state index in [0.717, 1.165) is 12.0 Å². The summed E-state index contributed by atoms with van der Waals surface area (Å²) in [7, 11) is 0. The van der Waals surface area contributed by atoms with Crippen LogP contribution in [0.3, 0.4) is 0 Å². The van der Waals surface area contributed by atoms with Crippen LogP contribution in [0.25, 0.3) is 0 Å². The minimum atomic E-state index is -0.178. The summed E-state index contributed by atoms with van der Waals surface area (Å²) in [5, 5.41) is 8.91. The van der Waals surface area contributed by atoms with E-state index in [-0.39, 0.29) is 12.4 Å². The van der Waals surface area contributed by atoms with Gasteiger partial charge < -0.3 is 5.11 Å². The third-order valence-electron chi connectivity index (χ3n) is 2.79. The first-order valence-electron chi connectivity index (χ1n) is 4.59. The molecule has 0 heterocycles. The van der Waals surface area contributed by atoms with E-state index in [1.807, 2.05) is 13.0 Å². The molecule has 1 aliphatic carbocycles. The quantitative estimate of drug-likeness (QED) is 0.740. The van der Waals surface area contributed by atoms with Crippen LogP contribution in [0.2, 0.25) is 0 Å². The molecule has 1 aromatic carbocycles. The predicted octanol–water partition coefficient (Wildman–Crippen LogP) is 2.23. The van der Waals surface area contributed by atoms with Gasteiger partial charge in [-0.05, 0) is 48.4 Å². The maximum atomic E-state index is 12.8. The zero-order chi connectivity index (χ0) is 9.42. The highest BCUT2D eigenvalue weighted by Crippen LogP contribution is 2.47. The molecule has 0 aromatic heterocycles. The van der Waals surface area contributed by atoms with Crippen molar-refractivity contribution in [2.45, 2.75) is 19.3 Å². The zero-order valence-electron chi connectivity index (χ0n) is 7.63. The first kappa shape index (κ1) is 8.70. The third-order valence-corrected chi connectivity index (χ3v) is 2.79. The second kappa shape index (κ2) is 3.11. The van der Waals surface area contributed by atoms with Gasteiger partial charge in [-0.2, -0.15) is 0 Å². The van der Waals surface area contributed by atoms with Crippen LogP contribution >= 0.6 is 0 Å². The SMILES string of the molecule is Cc1cc(F)ccc1[C@@H]1C[C@H]1CO. The molecule has 1 saturated carbocycles. The monoisotopic (exact) mass is 180 g/mol. The first-order chi connectivity index (χ1) is 6.22. The van der Waals surface area contributed by atoms with Crippen molar-refractivity contribution >= 4 is 0 Å². The van der Waals surface area contributed by atoms with Crippen molar-refractivity contribution in [3.63, 3.8) is 0 Å². The first-order valence-corrected chi connectivity index (χ1v) is 4.59. The summed E-state index contributed by atoms with van der Waals surface area (Å²) in [6.45, 7) is 2.17. The Kier molecular flexibility index (Phi) is 2.08. The Balaban J connectivity index is 2.22. The maximum absolute atomic E-state index is 12.8. The molecule has 0 radical (unpaired) electrons. The molecule has 13 heavy (non-hydrogen) atoms. The Bertz CT molecular complexity index is 322. The van der Waals surface area contributed by atoms with Crippen molar-refractivity contribution in [2.24, 2.45) is 5.92 Å². The van der Waals surface area contributed by atoms with Crippen molar-refractivity contribution in [1.82, 2.24) is 0 Å². The van der Waals surface area contributed by atoms with E-state index in [0.29, 0.717) is 11.8 Å². The number of hydrogen-bond acceptors (Lipinski definition) is 1. The molecule has 1 aromatic rings. The average Bonchev–Trinajstić information content (AvgIpc) is 2.83. The van der Waals surface area contributed by atoms with E-state index in [1.165, 1.54) is 11.6 Å². The molecule has 1 aliphatic rings. The van der Waals surface area contributed by atoms with Crippen LogP contribution in [-0.4, -0.2) is 11.7 Å². The number of aryl methyl sites for hydroxylation is 1. The van der Waals surface area contributed by atoms with E-state index in [1.54, 1.807) is 6.07 Å². The van der Waals surface area contributed by atoms with Crippen LogP contribution < -0.4 is 0 Å². The topological polar surface area (TPSA) is 20.2 Å². The standard InChI is InChI=1S/C11H13FO/c1-7-4-9(12)2-3-10(7)11-5-8(11)6-13/h2-4,8,11,13H,5-6H2,1H3/t8-,11+/m0/s1. The van der Waals surface area contributed by atoms with Crippen molar-refractivity contribution in [3.8, 4) is 0 Å².